The minimum Gasteiger partial charge on any atom is -0.465 e. The van der Waals surface area contributed by atoms with Crippen molar-refractivity contribution in [2.75, 3.05) is 24.3 Å². The molecular weight excluding hydrogens is 230 g/mol. The lowest BCUT2D eigenvalue weighted by Gasteiger charge is -2.28. The van der Waals surface area contributed by atoms with Crippen LogP contribution in [0.1, 0.15) is 37.6 Å². The van der Waals surface area contributed by atoms with E-state index in [1.165, 1.54) is 7.11 Å². The van der Waals surface area contributed by atoms with E-state index in [2.05, 4.69) is 30.7 Å². The molecule has 5 heteroatoms. The zero-order valence-corrected chi connectivity index (χ0v) is 11.4. The first kappa shape index (κ1) is 14.3. The number of ether oxygens (including phenoxy) is 1. The third-order valence-corrected chi connectivity index (χ3v) is 2.65. The summed E-state index contributed by atoms with van der Waals surface area (Å²) in [6.07, 6.45) is 2.54. The molecule has 18 heavy (non-hydrogen) atoms. The summed E-state index contributed by atoms with van der Waals surface area (Å²) in [5, 5.41) is 0. The van der Waals surface area contributed by atoms with Gasteiger partial charge in [0.1, 0.15) is 11.4 Å². The first-order valence-electron chi connectivity index (χ1n) is 6.11. The maximum atomic E-state index is 11.8. The third kappa shape index (κ3) is 3.12. The topological polar surface area (TPSA) is 68.5 Å². The summed E-state index contributed by atoms with van der Waals surface area (Å²) in [6, 6.07) is 1.86. The van der Waals surface area contributed by atoms with Gasteiger partial charge in [-0.15, -0.1) is 0 Å². The van der Waals surface area contributed by atoms with Gasteiger partial charge in [-0.2, -0.15) is 0 Å². The van der Waals surface area contributed by atoms with Crippen LogP contribution in [-0.2, 0) is 4.74 Å². The molecule has 0 unspecified atom stereocenters. The summed E-state index contributed by atoms with van der Waals surface area (Å²) in [5.74, 6) is 0.222. The van der Waals surface area contributed by atoms with Crippen molar-refractivity contribution in [2.24, 2.45) is 0 Å². The highest BCUT2D eigenvalue weighted by molar-refractivity contribution is 5.95. The smallest absolute Gasteiger partial charge is 0.341 e. The Labute approximate surface area is 108 Å². The van der Waals surface area contributed by atoms with Crippen molar-refractivity contribution < 1.29 is 9.53 Å². The lowest BCUT2D eigenvalue weighted by Crippen LogP contribution is -2.33. The Morgan fingerprint density at radius 3 is 2.72 bits per heavy atom. The largest absolute Gasteiger partial charge is 0.465 e. The number of esters is 1. The van der Waals surface area contributed by atoms with E-state index in [9.17, 15) is 4.79 Å². The van der Waals surface area contributed by atoms with Crippen molar-refractivity contribution in [3.63, 3.8) is 0 Å². The van der Waals surface area contributed by atoms with Crippen LogP contribution in [0.15, 0.2) is 12.3 Å². The molecule has 1 aromatic rings. The van der Waals surface area contributed by atoms with Gasteiger partial charge in [-0.1, -0.05) is 6.92 Å². The van der Waals surface area contributed by atoms with Gasteiger partial charge in [0.2, 0.25) is 0 Å². The quantitative estimate of drug-likeness (QED) is 0.811. The van der Waals surface area contributed by atoms with Crippen LogP contribution in [0, 0.1) is 0 Å². The molecule has 0 fully saturated rings. The lowest BCUT2D eigenvalue weighted by atomic mass is 10.2. The molecule has 0 aliphatic rings. The van der Waals surface area contributed by atoms with Gasteiger partial charge >= 0.3 is 5.97 Å². The van der Waals surface area contributed by atoms with E-state index in [0.717, 1.165) is 13.0 Å². The van der Waals surface area contributed by atoms with Crippen LogP contribution in [-0.4, -0.2) is 30.6 Å². The number of nitrogens with two attached hydrogens (primary N) is 1. The zero-order chi connectivity index (χ0) is 13.7. The first-order valence-corrected chi connectivity index (χ1v) is 6.11. The second kappa shape index (κ2) is 6.23. The van der Waals surface area contributed by atoms with E-state index < -0.39 is 5.97 Å². The minimum absolute atomic E-state index is 0.254. The van der Waals surface area contributed by atoms with Crippen molar-refractivity contribution in [1.82, 2.24) is 4.98 Å². The van der Waals surface area contributed by atoms with Crippen LogP contribution in [0.2, 0.25) is 0 Å². The summed E-state index contributed by atoms with van der Waals surface area (Å²) in [4.78, 5) is 18.1. The number of hydrogen-bond donors (Lipinski definition) is 1. The molecule has 0 aliphatic carbocycles. The molecule has 5 nitrogen and oxygen atoms in total. The van der Waals surface area contributed by atoms with Crippen LogP contribution in [0.3, 0.4) is 0 Å². The summed E-state index contributed by atoms with van der Waals surface area (Å²) < 4.78 is 4.78. The Morgan fingerprint density at radius 1 is 1.56 bits per heavy atom. The third-order valence-electron chi connectivity index (χ3n) is 2.65. The van der Waals surface area contributed by atoms with Crippen molar-refractivity contribution in [3.8, 4) is 0 Å². The van der Waals surface area contributed by atoms with Crippen molar-refractivity contribution in [2.45, 2.75) is 33.2 Å². The summed E-state index contributed by atoms with van der Waals surface area (Å²) in [6.45, 7) is 7.05. The molecular formula is C13H21N3O2. The van der Waals surface area contributed by atoms with Gasteiger partial charge in [0.15, 0.2) is 0 Å². The number of nitrogen functional groups attached to an aromatic ring is 1. The van der Waals surface area contributed by atoms with E-state index in [0.29, 0.717) is 17.1 Å². The number of carbonyl (C=O) groups excluding carboxylic acids is 1. The van der Waals surface area contributed by atoms with Gasteiger partial charge in [-0.05, 0) is 26.3 Å². The minimum atomic E-state index is -0.411. The second-order valence-corrected chi connectivity index (χ2v) is 4.42. The Hall–Kier alpha value is -1.78. The van der Waals surface area contributed by atoms with E-state index in [4.69, 9.17) is 10.5 Å². The van der Waals surface area contributed by atoms with Gasteiger partial charge in [0.25, 0.3) is 0 Å². The first-order chi connectivity index (χ1) is 8.51. The van der Waals surface area contributed by atoms with Crippen LogP contribution in [0.25, 0.3) is 0 Å². The molecule has 0 radical (unpaired) electrons. The molecule has 1 rings (SSSR count). The van der Waals surface area contributed by atoms with Gasteiger partial charge < -0.3 is 15.4 Å². The highest BCUT2D eigenvalue weighted by Gasteiger charge is 2.20. The van der Waals surface area contributed by atoms with Crippen LogP contribution in [0.4, 0.5) is 11.5 Å². The number of anilines is 2. The Balaban J connectivity index is 3.24. The van der Waals surface area contributed by atoms with E-state index >= 15 is 0 Å². The Kier molecular flexibility index (Phi) is 4.95. The lowest BCUT2D eigenvalue weighted by molar-refractivity contribution is 0.0601. The fourth-order valence-corrected chi connectivity index (χ4v) is 1.81. The monoisotopic (exact) mass is 251 g/mol. The summed E-state index contributed by atoms with van der Waals surface area (Å²) in [7, 11) is 1.36. The van der Waals surface area contributed by atoms with E-state index in [1.54, 1.807) is 12.3 Å². The molecule has 0 aliphatic heterocycles. The Bertz CT molecular complexity index is 419. The molecule has 0 bridgehead atoms. The van der Waals surface area contributed by atoms with Crippen molar-refractivity contribution in [1.29, 1.82) is 0 Å². The number of methoxy groups -OCH3 is 1. The molecule has 0 saturated carbocycles. The van der Waals surface area contributed by atoms with Gasteiger partial charge in [0, 0.05) is 12.6 Å². The number of carbonyl (C=O) groups is 1. The highest BCUT2D eigenvalue weighted by atomic mass is 16.5. The molecule has 0 amide bonds. The molecule has 0 aromatic carbocycles. The molecule has 2 N–H and O–H groups in total. The number of aromatic nitrogens is 1. The van der Waals surface area contributed by atoms with Gasteiger partial charge in [0.05, 0.1) is 19.0 Å². The molecule has 0 saturated heterocycles. The maximum absolute atomic E-state index is 11.8. The van der Waals surface area contributed by atoms with Crippen molar-refractivity contribution >= 4 is 17.5 Å². The van der Waals surface area contributed by atoms with Crippen LogP contribution >= 0.6 is 0 Å². The average molecular weight is 251 g/mol. The van der Waals surface area contributed by atoms with Gasteiger partial charge in [-0.3, -0.25) is 0 Å². The summed E-state index contributed by atoms with van der Waals surface area (Å²) >= 11 is 0. The normalized spacial score (nSPS) is 10.5. The molecule has 0 atom stereocenters. The fourth-order valence-electron chi connectivity index (χ4n) is 1.81. The number of hydrogen-bond acceptors (Lipinski definition) is 5. The number of pyridine rings is 1. The van der Waals surface area contributed by atoms with Crippen LogP contribution in [0.5, 0.6) is 0 Å². The average Bonchev–Trinajstić information content (AvgIpc) is 2.35. The zero-order valence-electron chi connectivity index (χ0n) is 11.4. The predicted octanol–water partition coefficient (Wildman–Crippen LogP) is 2.08. The second-order valence-electron chi connectivity index (χ2n) is 4.42. The Morgan fingerprint density at radius 2 is 2.22 bits per heavy atom. The summed E-state index contributed by atoms with van der Waals surface area (Å²) in [5.41, 5.74) is 6.56. The molecule has 100 valence electrons. The molecule has 1 aromatic heterocycles. The SMILES string of the molecule is CCCN(c1ncc(N)cc1C(=O)OC)C(C)C. The standard InChI is InChI=1S/C13H21N3O2/c1-5-6-16(9(2)3)12-11(13(17)18-4)7-10(14)8-15-12/h7-9H,5-6,14H2,1-4H3. The molecule has 0 spiro atoms. The fraction of sp³-hybridized carbons (Fsp3) is 0.538. The predicted molar refractivity (Wildman–Crippen MR) is 72.8 cm³/mol. The van der Waals surface area contributed by atoms with E-state index in [-0.39, 0.29) is 6.04 Å². The van der Waals surface area contributed by atoms with Crippen LogP contribution < -0.4 is 10.6 Å². The van der Waals surface area contributed by atoms with Gasteiger partial charge in [-0.25, -0.2) is 9.78 Å². The highest BCUT2D eigenvalue weighted by Crippen LogP contribution is 2.23. The number of rotatable bonds is 5. The van der Waals surface area contributed by atoms with Crippen molar-refractivity contribution in [3.05, 3.63) is 17.8 Å². The maximum Gasteiger partial charge on any atom is 0.341 e. The number of nitrogens with zero attached hydrogens (tertiary/aromatic N) is 2. The van der Waals surface area contributed by atoms with E-state index in [1.807, 2.05) is 0 Å². The molecule has 1 heterocycles.